The minimum absolute atomic E-state index is 0.0959. The molecule has 3 aromatic rings. The van der Waals surface area contributed by atoms with Gasteiger partial charge in [-0.2, -0.15) is 0 Å². The number of para-hydroxylation sites is 1. The Bertz CT molecular complexity index is 973. The van der Waals surface area contributed by atoms with Gasteiger partial charge in [-0.15, -0.1) is 0 Å². The van der Waals surface area contributed by atoms with Crippen LogP contribution in [0.15, 0.2) is 64.5 Å². The molecule has 7 heteroatoms. The summed E-state index contributed by atoms with van der Waals surface area (Å²) in [4.78, 5) is 29.3. The number of carbonyl (C=O) groups is 1. The maximum absolute atomic E-state index is 12.7. The first-order valence-electron chi connectivity index (χ1n) is 8.54. The van der Waals surface area contributed by atoms with Crippen LogP contribution in [0.2, 0.25) is 0 Å². The van der Waals surface area contributed by atoms with Gasteiger partial charge in [0.05, 0.1) is 29.6 Å². The zero-order valence-corrected chi connectivity index (χ0v) is 15.8. The van der Waals surface area contributed by atoms with Crippen molar-refractivity contribution in [2.45, 2.75) is 11.7 Å². The van der Waals surface area contributed by atoms with Gasteiger partial charge in [0.25, 0.3) is 5.56 Å². The highest BCUT2D eigenvalue weighted by molar-refractivity contribution is 7.99. The number of ether oxygens (including phenoxy) is 2. The van der Waals surface area contributed by atoms with E-state index >= 15 is 0 Å². The lowest BCUT2D eigenvalue weighted by atomic mass is 10.2. The van der Waals surface area contributed by atoms with Crippen molar-refractivity contribution in [2.24, 2.45) is 0 Å². The highest BCUT2D eigenvalue weighted by Gasteiger charge is 2.12. The number of rotatable bonds is 8. The fourth-order valence-electron chi connectivity index (χ4n) is 2.56. The van der Waals surface area contributed by atoms with Gasteiger partial charge < -0.3 is 9.47 Å². The molecule has 0 aliphatic heterocycles. The van der Waals surface area contributed by atoms with E-state index in [4.69, 9.17) is 9.47 Å². The van der Waals surface area contributed by atoms with E-state index in [1.807, 2.05) is 24.3 Å². The Morgan fingerprint density at radius 2 is 1.81 bits per heavy atom. The van der Waals surface area contributed by atoms with E-state index in [9.17, 15) is 9.59 Å². The molecule has 0 radical (unpaired) electrons. The van der Waals surface area contributed by atoms with Crippen LogP contribution >= 0.6 is 11.8 Å². The topological polar surface area (TPSA) is 70.4 Å². The van der Waals surface area contributed by atoms with Gasteiger partial charge in [-0.25, -0.2) is 9.78 Å². The van der Waals surface area contributed by atoms with E-state index in [0.29, 0.717) is 40.5 Å². The number of nitrogens with zero attached hydrogens (tertiary/aromatic N) is 2. The molecule has 0 aliphatic carbocycles. The molecule has 0 fully saturated rings. The summed E-state index contributed by atoms with van der Waals surface area (Å²) in [5.74, 6) is 0.135. The first-order chi connectivity index (χ1) is 13.2. The second-order valence-corrected chi connectivity index (χ2v) is 6.77. The van der Waals surface area contributed by atoms with Crippen molar-refractivity contribution in [3.63, 3.8) is 0 Å². The summed E-state index contributed by atoms with van der Waals surface area (Å²) >= 11 is 1.38. The number of hydrogen-bond acceptors (Lipinski definition) is 6. The van der Waals surface area contributed by atoms with E-state index in [0.717, 1.165) is 0 Å². The molecule has 1 heterocycles. The highest BCUT2D eigenvalue weighted by Crippen LogP contribution is 2.18. The highest BCUT2D eigenvalue weighted by atomic mass is 32.2. The fraction of sp³-hybridized carbons (Fsp3) is 0.250. The lowest BCUT2D eigenvalue weighted by Crippen LogP contribution is -2.25. The molecule has 0 spiro atoms. The van der Waals surface area contributed by atoms with E-state index in [1.165, 1.54) is 11.8 Å². The average Bonchev–Trinajstić information content (AvgIpc) is 2.71. The number of hydrogen-bond donors (Lipinski definition) is 0. The van der Waals surface area contributed by atoms with Gasteiger partial charge in [-0.1, -0.05) is 42.1 Å². The lowest BCUT2D eigenvalue weighted by molar-refractivity contribution is 0.0530. The van der Waals surface area contributed by atoms with Crippen LogP contribution < -0.4 is 5.56 Å². The molecule has 0 saturated heterocycles. The fourth-order valence-corrected chi connectivity index (χ4v) is 3.40. The second-order valence-electron chi connectivity index (χ2n) is 5.71. The first-order valence-corrected chi connectivity index (χ1v) is 9.53. The molecule has 0 N–H and O–H groups in total. The zero-order chi connectivity index (χ0) is 19.1. The van der Waals surface area contributed by atoms with Crippen molar-refractivity contribution in [3.8, 4) is 0 Å². The summed E-state index contributed by atoms with van der Waals surface area (Å²) in [6.45, 7) is 1.06. The Hall–Kier alpha value is -2.64. The third-order valence-electron chi connectivity index (χ3n) is 3.90. The maximum Gasteiger partial charge on any atom is 0.338 e. The lowest BCUT2D eigenvalue weighted by Gasteiger charge is -2.12. The van der Waals surface area contributed by atoms with Gasteiger partial charge in [0.2, 0.25) is 0 Å². The average molecular weight is 384 g/mol. The van der Waals surface area contributed by atoms with Crippen LogP contribution in [0.1, 0.15) is 10.4 Å². The monoisotopic (exact) mass is 384 g/mol. The third kappa shape index (κ3) is 4.75. The molecule has 0 saturated carbocycles. The smallest absolute Gasteiger partial charge is 0.338 e. The zero-order valence-electron chi connectivity index (χ0n) is 15.0. The Morgan fingerprint density at radius 3 is 2.59 bits per heavy atom. The standard InChI is InChI=1S/C20H20N2O4S/c1-25-12-11-22-18(23)16-9-5-6-10-17(16)21-20(22)27-14-13-26-19(24)15-7-3-2-4-8-15/h2-10H,11-14H2,1H3. The molecule has 27 heavy (non-hydrogen) atoms. The number of benzene rings is 2. The Morgan fingerprint density at radius 1 is 1.07 bits per heavy atom. The van der Waals surface area contributed by atoms with Gasteiger partial charge in [0.1, 0.15) is 6.61 Å². The van der Waals surface area contributed by atoms with Crippen LogP contribution in [-0.2, 0) is 16.0 Å². The molecule has 140 valence electrons. The largest absolute Gasteiger partial charge is 0.461 e. The number of esters is 1. The normalized spacial score (nSPS) is 10.9. The first kappa shape index (κ1) is 19.1. The number of methoxy groups -OCH3 is 1. The van der Waals surface area contributed by atoms with Crippen LogP contribution in [0.25, 0.3) is 10.9 Å². The molecule has 0 amide bonds. The van der Waals surface area contributed by atoms with Crippen molar-refractivity contribution in [1.29, 1.82) is 0 Å². The van der Waals surface area contributed by atoms with Gasteiger partial charge in [-0.05, 0) is 24.3 Å². The van der Waals surface area contributed by atoms with E-state index in [1.54, 1.807) is 42.0 Å². The van der Waals surface area contributed by atoms with Gasteiger partial charge in [0.15, 0.2) is 5.16 Å². The quantitative estimate of drug-likeness (QED) is 0.257. The molecular weight excluding hydrogens is 364 g/mol. The van der Waals surface area contributed by atoms with Crippen molar-refractivity contribution in [3.05, 3.63) is 70.5 Å². The van der Waals surface area contributed by atoms with Crippen molar-refractivity contribution in [2.75, 3.05) is 26.1 Å². The molecule has 2 aromatic carbocycles. The van der Waals surface area contributed by atoms with E-state index in [2.05, 4.69) is 4.98 Å². The molecule has 6 nitrogen and oxygen atoms in total. The van der Waals surface area contributed by atoms with Gasteiger partial charge >= 0.3 is 5.97 Å². The predicted octanol–water partition coefficient (Wildman–Crippen LogP) is 2.99. The van der Waals surface area contributed by atoms with Crippen molar-refractivity contribution >= 4 is 28.6 Å². The molecule has 0 atom stereocenters. The van der Waals surface area contributed by atoms with Crippen LogP contribution in [-0.4, -0.2) is 41.6 Å². The summed E-state index contributed by atoms with van der Waals surface area (Å²) in [5.41, 5.74) is 1.07. The molecule has 0 aliphatic rings. The van der Waals surface area contributed by atoms with Crippen LogP contribution in [0.4, 0.5) is 0 Å². The number of thioether (sulfide) groups is 1. The van der Waals surface area contributed by atoms with Crippen molar-refractivity contribution < 1.29 is 14.3 Å². The predicted molar refractivity (Wildman–Crippen MR) is 105 cm³/mol. The van der Waals surface area contributed by atoms with Crippen molar-refractivity contribution in [1.82, 2.24) is 9.55 Å². The SMILES string of the molecule is COCCn1c(SCCOC(=O)c2ccccc2)nc2ccccc2c1=O. The van der Waals surface area contributed by atoms with Crippen LogP contribution in [0, 0.1) is 0 Å². The molecule has 0 unspecified atom stereocenters. The van der Waals surface area contributed by atoms with Crippen LogP contribution in [0.3, 0.4) is 0 Å². The van der Waals surface area contributed by atoms with E-state index in [-0.39, 0.29) is 18.1 Å². The second kappa shape index (κ2) is 9.34. The summed E-state index contributed by atoms with van der Waals surface area (Å²) in [7, 11) is 1.59. The summed E-state index contributed by atoms with van der Waals surface area (Å²) < 4.78 is 12.0. The van der Waals surface area contributed by atoms with E-state index < -0.39 is 0 Å². The molecule has 1 aromatic heterocycles. The Kier molecular flexibility index (Phi) is 6.62. The molecule has 0 bridgehead atoms. The Balaban J connectivity index is 1.70. The number of aromatic nitrogens is 2. The number of fused-ring (bicyclic) bond motifs is 1. The summed E-state index contributed by atoms with van der Waals surface area (Å²) in [6.07, 6.45) is 0. The summed E-state index contributed by atoms with van der Waals surface area (Å²) in [6, 6.07) is 16.1. The van der Waals surface area contributed by atoms with Gasteiger partial charge in [-0.3, -0.25) is 9.36 Å². The molecule has 3 rings (SSSR count). The van der Waals surface area contributed by atoms with Gasteiger partial charge in [0, 0.05) is 12.9 Å². The Labute approximate surface area is 161 Å². The minimum atomic E-state index is -0.362. The third-order valence-corrected chi connectivity index (χ3v) is 4.84. The minimum Gasteiger partial charge on any atom is -0.461 e. The summed E-state index contributed by atoms with van der Waals surface area (Å²) in [5, 5.41) is 1.17. The number of carbonyl (C=O) groups excluding carboxylic acids is 1. The maximum atomic E-state index is 12.7. The van der Waals surface area contributed by atoms with Crippen LogP contribution in [0.5, 0.6) is 0 Å². The molecular formula is C20H20N2O4S.